The van der Waals surface area contributed by atoms with Crippen LogP contribution in [0.1, 0.15) is 25.7 Å². The molecule has 8 nitrogen and oxygen atoms in total. The van der Waals surface area contributed by atoms with E-state index in [2.05, 4.69) is 0 Å². The highest BCUT2D eigenvalue weighted by Crippen LogP contribution is 2.30. The molecule has 1 aliphatic carbocycles. The Morgan fingerprint density at radius 3 is 2.20 bits per heavy atom. The second kappa shape index (κ2) is 6.56. The summed E-state index contributed by atoms with van der Waals surface area (Å²) < 4.78 is 0. The molecule has 1 rings (SSSR count). The maximum absolute atomic E-state index is 12.1. The molecule has 0 aromatic carbocycles. The summed E-state index contributed by atoms with van der Waals surface area (Å²) in [5, 5.41) is 19.0. The number of aliphatic carboxylic acids is 1. The van der Waals surface area contributed by atoms with Crippen molar-refractivity contribution < 1.29 is 24.6 Å². The molecule has 1 aliphatic rings. The van der Waals surface area contributed by atoms with Crippen LogP contribution in [0.5, 0.6) is 0 Å². The first kappa shape index (κ1) is 16.2. The summed E-state index contributed by atoms with van der Waals surface area (Å²) in [5.74, 6) is -2.01. The lowest BCUT2D eigenvalue weighted by Gasteiger charge is -2.32. The molecule has 20 heavy (non-hydrogen) atoms. The van der Waals surface area contributed by atoms with Crippen molar-refractivity contribution in [2.24, 2.45) is 5.73 Å². The lowest BCUT2D eigenvalue weighted by Crippen LogP contribution is -2.51. The molecule has 114 valence electrons. The van der Waals surface area contributed by atoms with Crippen LogP contribution in [-0.2, 0) is 9.59 Å². The molecule has 1 saturated carbocycles. The van der Waals surface area contributed by atoms with Crippen molar-refractivity contribution in [2.45, 2.75) is 31.3 Å². The van der Waals surface area contributed by atoms with Gasteiger partial charge in [-0.15, -0.1) is 0 Å². The molecule has 0 unspecified atom stereocenters. The summed E-state index contributed by atoms with van der Waals surface area (Å²) in [6, 6.07) is -0.633. The maximum atomic E-state index is 12.1. The summed E-state index contributed by atoms with van der Waals surface area (Å²) in [6.07, 6.45) is 3.02. The van der Waals surface area contributed by atoms with Gasteiger partial charge in [-0.1, -0.05) is 12.8 Å². The number of carbonyl (C=O) groups is 3. The lowest BCUT2D eigenvalue weighted by atomic mass is 10.0. The lowest BCUT2D eigenvalue weighted by molar-refractivity contribution is -0.138. The van der Waals surface area contributed by atoms with E-state index >= 15 is 0 Å². The number of hydrogen-bond donors (Lipinski definition) is 3. The number of likely N-dealkylation sites (N-methyl/N-ethyl adjacent to an activating group) is 1. The minimum Gasteiger partial charge on any atom is -0.480 e. The molecule has 0 aromatic heterocycles. The van der Waals surface area contributed by atoms with Gasteiger partial charge in [0.15, 0.2) is 0 Å². The van der Waals surface area contributed by atoms with Gasteiger partial charge in [-0.2, -0.15) is 0 Å². The van der Waals surface area contributed by atoms with Crippen LogP contribution in [0.3, 0.4) is 0 Å². The molecule has 1 fully saturated rings. The minimum absolute atomic E-state index is 0.112. The third-order valence-corrected chi connectivity index (χ3v) is 3.34. The maximum Gasteiger partial charge on any atom is 0.323 e. The van der Waals surface area contributed by atoms with Crippen molar-refractivity contribution in [1.29, 1.82) is 0 Å². The number of primary amides is 1. The van der Waals surface area contributed by atoms with Crippen LogP contribution in [0.2, 0.25) is 0 Å². The van der Waals surface area contributed by atoms with E-state index in [1.165, 1.54) is 11.9 Å². The van der Waals surface area contributed by atoms with Gasteiger partial charge >= 0.3 is 12.0 Å². The average Bonchev–Trinajstić information content (AvgIpc) is 2.72. The number of rotatable bonds is 6. The van der Waals surface area contributed by atoms with Crippen molar-refractivity contribution in [3.05, 3.63) is 0 Å². The summed E-state index contributed by atoms with van der Waals surface area (Å²) in [6.45, 7) is -0.959. The molecule has 4 N–H and O–H groups in total. The van der Waals surface area contributed by atoms with Crippen LogP contribution >= 0.6 is 0 Å². The van der Waals surface area contributed by atoms with E-state index in [4.69, 9.17) is 10.8 Å². The quantitative estimate of drug-likeness (QED) is 0.591. The number of amides is 3. The van der Waals surface area contributed by atoms with Crippen LogP contribution in [0.15, 0.2) is 0 Å². The molecule has 0 atom stereocenters. The predicted molar refractivity (Wildman–Crippen MR) is 69.8 cm³/mol. The van der Waals surface area contributed by atoms with Gasteiger partial charge in [0, 0.05) is 7.05 Å². The highest BCUT2D eigenvalue weighted by molar-refractivity contribution is 5.85. The van der Waals surface area contributed by atoms with E-state index in [1.54, 1.807) is 0 Å². The van der Waals surface area contributed by atoms with Gasteiger partial charge in [0.05, 0.1) is 12.1 Å². The highest BCUT2D eigenvalue weighted by atomic mass is 16.4. The van der Waals surface area contributed by atoms with Gasteiger partial charge in [-0.25, -0.2) is 4.79 Å². The monoisotopic (exact) mass is 287 g/mol. The van der Waals surface area contributed by atoms with Crippen molar-refractivity contribution in [1.82, 2.24) is 9.80 Å². The molecular weight excluding hydrogens is 266 g/mol. The van der Waals surface area contributed by atoms with E-state index in [1.807, 2.05) is 0 Å². The first-order valence-electron chi connectivity index (χ1n) is 6.46. The Labute approximate surface area is 117 Å². The molecule has 0 heterocycles. The molecule has 0 saturated heterocycles. The second-order valence-corrected chi connectivity index (χ2v) is 5.29. The van der Waals surface area contributed by atoms with Crippen molar-refractivity contribution in [3.8, 4) is 0 Å². The number of carbonyl (C=O) groups excluding carboxylic acids is 2. The molecular formula is C12H21N3O5. The molecule has 0 spiro atoms. The summed E-state index contributed by atoms with van der Waals surface area (Å²) in [4.78, 5) is 35.8. The topological polar surface area (TPSA) is 124 Å². The molecule has 0 bridgehead atoms. The third-order valence-electron chi connectivity index (χ3n) is 3.34. The minimum atomic E-state index is -1.23. The van der Waals surface area contributed by atoms with Gasteiger partial charge in [0.2, 0.25) is 5.91 Å². The van der Waals surface area contributed by atoms with E-state index < -0.39 is 36.6 Å². The highest BCUT2D eigenvalue weighted by Gasteiger charge is 2.34. The van der Waals surface area contributed by atoms with Gasteiger partial charge in [0.1, 0.15) is 13.1 Å². The number of urea groups is 1. The number of carboxylic acids is 1. The number of nitrogens with zero attached hydrogens (tertiary/aromatic N) is 2. The SMILES string of the molecule is CN(CC1(O)CCCC1)C(=O)N(CC(N)=O)CC(=O)O. The molecule has 8 heteroatoms. The van der Waals surface area contributed by atoms with Crippen molar-refractivity contribution in [3.63, 3.8) is 0 Å². The Kier molecular flexibility index (Phi) is 5.32. The third kappa shape index (κ3) is 4.69. The summed E-state index contributed by atoms with van der Waals surface area (Å²) in [7, 11) is 1.47. The number of nitrogens with two attached hydrogens (primary N) is 1. The van der Waals surface area contributed by atoms with E-state index in [0.29, 0.717) is 12.8 Å². The van der Waals surface area contributed by atoms with Crippen LogP contribution in [-0.4, -0.2) is 70.2 Å². The first-order chi connectivity index (χ1) is 9.23. The van der Waals surface area contributed by atoms with Crippen LogP contribution in [0.4, 0.5) is 4.79 Å². The van der Waals surface area contributed by atoms with E-state index in [9.17, 15) is 19.5 Å². The largest absolute Gasteiger partial charge is 0.480 e. The Balaban J connectivity index is 2.66. The van der Waals surface area contributed by atoms with Gasteiger partial charge in [-0.05, 0) is 12.8 Å². The number of carboxylic acid groups (broad SMARTS) is 1. The van der Waals surface area contributed by atoms with E-state index in [0.717, 1.165) is 17.7 Å². The van der Waals surface area contributed by atoms with Crippen molar-refractivity contribution >= 4 is 17.9 Å². The first-order valence-corrected chi connectivity index (χ1v) is 6.46. The van der Waals surface area contributed by atoms with Crippen LogP contribution in [0.25, 0.3) is 0 Å². The Morgan fingerprint density at radius 1 is 1.20 bits per heavy atom. The number of hydrogen-bond acceptors (Lipinski definition) is 4. The average molecular weight is 287 g/mol. The molecule has 0 radical (unpaired) electrons. The second-order valence-electron chi connectivity index (χ2n) is 5.29. The van der Waals surface area contributed by atoms with Gasteiger partial charge < -0.3 is 25.7 Å². The smallest absolute Gasteiger partial charge is 0.323 e. The Morgan fingerprint density at radius 2 is 1.75 bits per heavy atom. The van der Waals surface area contributed by atoms with Gasteiger partial charge in [0.25, 0.3) is 0 Å². The zero-order valence-corrected chi connectivity index (χ0v) is 11.5. The molecule has 0 aromatic rings. The fourth-order valence-electron chi connectivity index (χ4n) is 2.48. The molecule has 3 amide bonds. The molecule has 0 aliphatic heterocycles. The summed E-state index contributed by atoms with van der Waals surface area (Å²) >= 11 is 0. The number of aliphatic hydroxyl groups is 1. The normalized spacial score (nSPS) is 16.7. The van der Waals surface area contributed by atoms with Crippen LogP contribution < -0.4 is 5.73 Å². The zero-order valence-electron chi connectivity index (χ0n) is 11.5. The fourth-order valence-corrected chi connectivity index (χ4v) is 2.48. The van der Waals surface area contributed by atoms with E-state index in [-0.39, 0.29) is 6.54 Å². The fraction of sp³-hybridized carbons (Fsp3) is 0.750. The predicted octanol–water partition coefficient (Wildman–Crippen LogP) is -0.785. The Bertz CT molecular complexity index is 377. The Hall–Kier alpha value is -1.83. The van der Waals surface area contributed by atoms with Crippen LogP contribution in [0, 0.1) is 0 Å². The van der Waals surface area contributed by atoms with Gasteiger partial charge in [-0.3, -0.25) is 9.59 Å². The standard InChI is InChI=1S/C12H21N3O5/c1-14(8-12(20)4-2-3-5-12)11(19)15(6-9(13)16)7-10(17)18/h20H,2-8H2,1H3,(H2,13,16)(H,17,18). The van der Waals surface area contributed by atoms with Crippen molar-refractivity contribution in [2.75, 3.05) is 26.7 Å². The summed E-state index contributed by atoms with van der Waals surface area (Å²) in [5.41, 5.74) is 4.08. The zero-order chi connectivity index (χ0) is 15.3.